The molecule has 0 spiro atoms. The molecule has 1 atom stereocenters. The zero-order valence-corrected chi connectivity index (χ0v) is 17.7. The van der Waals surface area contributed by atoms with E-state index in [4.69, 9.17) is 5.73 Å². The summed E-state index contributed by atoms with van der Waals surface area (Å²) in [5.41, 5.74) is 5.74. The van der Waals surface area contributed by atoms with Gasteiger partial charge in [0, 0.05) is 4.88 Å². The first-order valence-electron chi connectivity index (χ1n) is 9.46. The molecular formula is C20H19FN4O3S2. The van der Waals surface area contributed by atoms with Gasteiger partial charge in [-0.15, -0.1) is 11.3 Å². The minimum Gasteiger partial charge on any atom is -0.351 e. The van der Waals surface area contributed by atoms with Gasteiger partial charge in [-0.2, -0.15) is 0 Å². The fraction of sp³-hybridized carbons (Fsp3) is 0.300. The number of fused-ring (bicyclic) bond motifs is 3. The third kappa shape index (κ3) is 3.72. The molecule has 3 amide bonds. The number of benzene rings is 1. The van der Waals surface area contributed by atoms with Crippen molar-refractivity contribution in [1.29, 1.82) is 0 Å². The van der Waals surface area contributed by atoms with Gasteiger partial charge in [-0.3, -0.25) is 19.5 Å². The molecule has 1 aliphatic rings. The number of carbonyl (C=O) groups is 2. The zero-order valence-electron chi connectivity index (χ0n) is 16.1. The Morgan fingerprint density at radius 3 is 2.77 bits per heavy atom. The van der Waals surface area contributed by atoms with Crippen LogP contribution in [-0.2, 0) is 17.6 Å². The molecule has 2 heterocycles. The number of primary amides is 1. The Kier molecular flexibility index (Phi) is 5.61. The van der Waals surface area contributed by atoms with Crippen molar-refractivity contribution in [3.63, 3.8) is 0 Å². The minimum atomic E-state index is -0.965. The Balaban J connectivity index is 1.91. The van der Waals surface area contributed by atoms with Gasteiger partial charge in [-0.1, -0.05) is 23.9 Å². The lowest BCUT2D eigenvalue weighted by Gasteiger charge is -2.16. The van der Waals surface area contributed by atoms with E-state index in [1.807, 2.05) is 5.32 Å². The number of rotatable bonds is 4. The normalized spacial score (nSPS) is 14.3. The highest BCUT2D eigenvalue weighted by Crippen LogP contribution is 2.36. The van der Waals surface area contributed by atoms with Crippen LogP contribution in [0.25, 0.3) is 15.9 Å². The second-order valence-electron chi connectivity index (χ2n) is 6.99. The first-order chi connectivity index (χ1) is 14.4. The molecule has 1 aliphatic carbocycles. The van der Waals surface area contributed by atoms with E-state index < -0.39 is 23.0 Å². The first kappa shape index (κ1) is 20.5. The Bertz CT molecular complexity index is 1220. The number of nitrogens with two attached hydrogens (primary N) is 1. The Morgan fingerprint density at radius 2 is 2.03 bits per heavy atom. The molecule has 3 N–H and O–H groups in total. The number of amides is 3. The van der Waals surface area contributed by atoms with Crippen molar-refractivity contribution in [2.24, 2.45) is 5.73 Å². The van der Waals surface area contributed by atoms with Crippen molar-refractivity contribution in [3.8, 4) is 5.69 Å². The average molecular weight is 447 g/mol. The third-order valence-corrected chi connectivity index (χ3v) is 7.19. The van der Waals surface area contributed by atoms with Crippen molar-refractivity contribution in [3.05, 3.63) is 50.9 Å². The number of thiophene rings is 1. The highest BCUT2D eigenvalue weighted by atomic mass is 32.2. The van der Waals surface area contributed by atoms with Crippen LogP contribution >= 0.6 is 23.1 Å². The van der Waals surface area contributed by atoms with Crippen LogP contribution < -0.4 is 16.6 Å². The summed E-state index contributed by atoms with van der Waals surface area (Å²) in [5, 5.41) is 1.94. The van der Waals surface area contributed by atoms with E-state index in [-0.39, 0.29) is 16.4 Å². The van der Waals surface area contributed by atoms with Gasteiger partial charge < -0.3 is 5.73 Å². The number of urea groups is 1. The van der Waals surface area contributed by atoms with E-state index in [0.29, 0.717) is 10.2 Å². The first-order valence-corrected chi connectivity index (χ1v) is 11.2. The number of hydrogen-bond donors (Lipinski definition) is 2. The summed E-state index contributed by atoms with van der Waals surface area (Å²) in [6.07, 6.45) is 3.76. The molecule has 1 aromatic carbocycles. The summed E-state index contributed by atoms with van der Waals surface area (Å²) in [6.45, 7) is 1.56. The lowest BCUT2D eigenvalue weighted by Crippen LogP contribution is -2.39. The summed E-state index contributed by atoms with van der Waals surface area (Å²) in [4.78, 5) is 43.1. The number of nitrogens with zero attached hydrogens (tertiary/aromatic N) is 2. The number of imide groups is 1. The third-order valence-electron chi connectivity index (χ3n) is 4.95. The number of aromatic nitrogens is 2. The molecule has 0 saturated heterocycles. The molecule has 30 heavy (non-hydrogen) atoms. The van der Waals surface area contributed by atoms with Crippen molar-refractivity contribution in [2.75, 3.05) is 0 Å². The molecular weight excluding hydrogens is 427 g/mol. The summed E-state index contributed by atoms with van der Waals surface area (Å²) in [7, 11) is 0. The predicted octanol–water partition coefficient (Wildman–Crippen LogP) is 3.14. The van der Waals surface area contributed by atoms with Crippen LogP contribution in [0.1, 0.15) is 30.2 Å². The van der Waals surface area contributed by atoms with Crippen LogP contribution in [0.2, 0.25) is 0 Å². The lowest BCUT2D eigenvalue weighted by molar-refractivity contribution is -0.119. The van der Waals surface area contributed by atoms with Gasteiger partial charge in [0.1, 0.15) is 10.6 Å². The molecule has 0 fully saturated rings. The van der Waals surface area contributed by atoms with Gasteiger partial charge >= 0.3 is 6.03 Å². The van der Waals surface area contributed by atoms with Crippen molar-refractivity contribution in [1.82, 2.24) is 14.9 Å². The number of para-hydroxylation sites is 1. The number of thioether (sulfide) groups is 1. The van der Waals surface area contributed by atoms with E-state index in [1.54, 1.807) is 13.0 Å². The Labute approximate surface area is 179 Å². The molecule has 156 valence electrons. The average Bonchev–Trinajstić information content (AvgIpc) is 3.07. The smallest absolute Gasteiger partial charge is 0.318 e. The maximum absolute atomic E-state index is 14.6. The Hall–Kier alpha value is -2.72. The van der Waals surface area contributed by atoms with E-state index in [2.05, 4.69) is 4.98 Å². The van der Waals surface area contributed by atoms with E-state index in [1.165, 1.54) is 34.1 Å². The molecule has 0 bridgehead atoms. The molecule has 3 aromatic rings. The number of halogens is 1. The SMILES string of the molecule is C[C@@H](Sc1nc2sc3c(c2c(=O)n1-c1ccccc1F)CCCC3)C(=O)NC(N)=O. The molecule has 0 radical (unpaired) electrons. The van der Waals surface area contributed by atoms with E-state index in [0.717, 1.165) is 47.9 Å². The van der Waals surface area contributed by atoms with Crippen molar-refractivity contribution >= 4 is 45.3 Å². The van der Waals surface area contributed by atoms with Gasteiger partial charge in [-0.05, 0) is 50.3 Å². The van der Waals surface area contributed by atoms with Gasteiger partial charge in [0.2, 0.25) is 5.91 Å². The standard InChI is InChI=1S/C20H19FN4O3S2/c1-10(16(26)23-19(22)28)29-20-24-17-15(11-6-2-5-9-14(11)30-17)18(27)25(20)13-8-4-3-7-12(13)21/h3-4,7-8,10H,2,5-6,9H2,1H3,(H3,22,23,26,28)/t10-/m1/s1. The molecule has 10 heteroatoms. The second-order valence-corrected chi connectivity index (χ2v) is 9.38. The van der Waals surface area contributed by atoms with Gasteiger partial charge in [0.15, 0.2) is 5.16 Å². The molecule has 0 aliphatic heterocycles. The molecule has 2 aromatic heterocycles. The fourth-order valence-corrected chi connectivity index (χ4v) is 5.77. The zero-order chi connectivity index (χ0) is 21.4. The van der Waals surface area contributed by atoms with Gasteiger partial charge in [0.05, 0.1) is 16.3 Å². The van der Waals surface area contributed by atoms with E-state index in [9.17, 15) is 18.8 Å². The second kappa shape index (κ2) is 8.19. The van der Waals surface area contributed by atoms with Gasteiger partial charge in [0.25, 0.3) is 5.56 Å². The highest BCUT2D eigenvalue weighted by molar-refractivity contribution is 8.00. The van der Waals surface area contributed by atoms with Crippen molar-refractivity contribution in [2.45, 2.75) is 43.0 Å². The topological polar surface area (TPSA) is 107 Å². The summed E-state index contributed by atoms with van der Waals surface area (Å²) < 4.78 is 15.9. The minimum absolute atomic E-state index is 0.0673. The predicted molar refractivity (Wildman–Crippen MR) is 115 cm³/mol. The number of nitrogens with one attached hydrogen (secondary N) is 1. The largest absolute Gasteiger partial charge is 0.351 e. The molecule has 0 saturated carbocycles. The number of aryl methyl sites for hydroxylation is 2. The summed E-state index contributed by atoms with van der Waals surface area (Å²) in [5.74, 6) is -1.19. The fourth-order valence-electron chi connectivity index (χ4n) is 3.55. The van der Waals surface area contributed by atoms with Crippen LogP contribution in [0.15, 0.2) is 34.2 Å². The quantitative estimate of drug-likeness (QED) is 0.473. The molecule has 0 unspecified atom stereocenters. The molecule has 4 rings (SSSR count). The van der Waals surface area contributed by atoms with Crippen LogP contribution in [0.3, 0.4) is 0 Å². The molecule has 7 nitrogen and oxygen atoms in total. The maximum Gasteiger partial charge on any atom is 0.318 e. The Morgan fingerprint density at radius 1 is 1.30 bits per heavy atom. The summed E-state index contributed by atoms with van der Waals surface area (Å²) in [6, 6.07) is 4.98. The van der Waals surface area contributed by atoms with E-state index >= 15 is 0 Å². The lowest BCUT2D eigenvalue weighted by atomic mass is 9.97. The number of carbonyl (C=O) groups excluding carboxylic acids is 2. The maximum atomic E-state index is 14.6. The van der Waals surface area contributed by atoms with Crippen LogP contribution in [-0.4, -0.2) is 26.7 Å². The van der Waals surface area contributed by atoms with Crippen LogP contribution in [0, 0.1) is 5.82 Å². The van der Waals surface area contributed by atoms with Crippen molar-refractivity contribution < 1.29 is 14.0 Å². The monoisotopic (exact) mass is 446 g/mol. The van der Waals surface area contributed by atoms with Gasteiger partial charge in [-0.25, -0.2) is 14.2 Å². The highest BCUT2D eigenvalue weighted by Gasteiger charge is 2.26. The van der Waals surface area contributed by atoms with Crippen LogP contribution in [0.4, 0.5) is 9.18 Å². The summed E-state index contributed by atoms with van der Waals surface area (Å²) >= 11 is 2.45. The van der Waals surface area contributed by atoms with Crippen LogP contribution in [0.5, 0.6) is 0 Å². The number of hydrogen-bond acceptors (Lipinski definition) is 6.